The number of rotatable bonds is 5. The molecule has 0 saturated carbocycles. The zero-order valence-electron chi connectivity index (χ0n) is 12.4. The van der Waals surface area contributed by atoms with Gasteiger partial charge in [-0.15, -0.1) is 0 Å². The van der Waals surface area contributed by atoms with Crippen molar-refractivity contribution < 1.29 is 4.74 Å². The van der Waals surface area contributed by atoms with Crippen molar-refractivity contribution >= 4 is 12.6 Å². The van der Waals surface area contributed by atoms with Crippen LogP contribution in [0.3, 0.4) is 0 Å². The summed E-state index contributed by atoms with van der Waals surface area (Å²) in [4.78, 5) is 5.03. The summed E-state index contributed by atoms with van der Waals surface area (Å²) in [6, 6.07) is 0. The summed E-state index contributed by atoms with van der Waals surface area (Å²) in [7, 11) is 1.77. The van der Waals surface area contributed by atoms with Gasteiger partial charge in [-0.25, -0.2) is 0 Å². The topological polar surface area (TPSA) is 15.7 Å². The van der Waals surface area contributed by atoms with E-state index in [0.29, 0.717) is 0 Å². The third-order valence-corrected chi connectivity index (χ3v) is 2.62. The van der Waals surface area contributed by atoms with Gasteiger partial charge in [0.2, 0.25) is 0 Å². The molecule has 0 aromatic heterocycles. The fraction of sp³-hybridized carbons (Fsp3) is 1.00. The molecule has 106 valence electrons. The molecule has 1 heterocycles. The van der Waals surface area contributed by atoms with Crippen LogP contribution in [-0.4, -0.2) is 69.0 Å². The molecule has 3 nitrogen and oxygen atoms in total. The third-order valence-electron chi connectivity index (χ3n) is 2.62. The van der Waals surface area contributed by atoms with Crippen LogP contribution in [0.25, 0.3) is 0 Å². The minimum Gasteiger partial charge on any atom is -0.383 e. The van der Waals surface area contributed by atoms with Gasteiger partial charge in [0.15, 0.2) is 0 Å². The van der Waals surface area contributed by atoms with E-state index >= 15 is 0 Å². The van der Waals surface area contributed by atoms with Gasteiger partial charge in [-0.1, -0.05) is 20.8 Å². The molecule has 1 saturated heterocycles. The Morgan fingerprint density at radius 3 is 1.71 bits per heavy atom. The smallest absolute Gasteiger partial charge is 0.0589 e. The maximum Gasteiger partial charge on any atom is 0.0589 e. The van der Waals surface area contributed by atoms with Crippen molar-refractivity contribution in [1.29, 1.82) is 0 Å². The first kappa shape index (κ1) is 19.6. The van der Waals surface area contributed by atoms with Gasteiger partial charge in [0.1, 0.15) is 0 Å². The highest BCUT2D eigenvalue weighted by Crippen LogP contribution is 2.01. The molecule has 1 fully saturated rings. The molecular formula is C13H32N2OS. The molecule has 0 radical (unpaired) electrons. The third kappa shape index (κ3) is 11.1. The predicted molar refractivity (Wildman–Crippen MR) is 81.3 cm³/mol. The lowest BCUT2D eigenvalue weighted by atomic mass is 10.3. The summed E-state index contributed by atoms with van der Waals surface area (Å²) < 4.78 is 5.06. The van der Waals surface area contributed by atoms with Crippen LogP contribution >= 0.6 is 12.6 Å². The van der Waals surface area contributed by atoms with Crippen molar-refractivity contribution in [3.05, 3.63) is 0 Å². The van der Waals surface area contributed by atoms with Gasteiger partial charge in [-0.05, 0) is 19.2 Å². The summed E-state index contributed by atoms with van der Waals surface area (Å²) in [5.41, 5.74) is 0. The second kappa shape index (κ2) is 16.2. The Morgan fingerprint density at radius 1 is 0.941 bits per heavy atom. The number of ether oxygens (including phenoxy) is 1. The van der Waals surface area contributed by atoms with Gasteiger partial charge in [0, 0.05) is 39.8 Å². The molecule has 4 heteroatoms. The SMILES string of the molecule is CC.CCCN1CCN(CCOC)CC1.CS. The number of hydrogen-bond acceptors (Lipinski definition) is 4. The summed E-state index contributed by atoms with van der Waals surface area (Å²) in [6.07, 6.45) is 2.97. The average Bonchev–Trinajstić information content (AvgIpc) is 2.43. The minimum atomic E-state index is 0.869. The predicted octanol–water partition coefficient (Wildman–Crippen LogP) is 2.23. The molecule has 1 rings (SSSR count). The van der Waals surface area contributed by atoms with Crippen molar-refractivity contribution in [2.45, 2.75) is 27.2 Å². The zero-order valence-corrected chi connectivity index (χ0v) is 13.3. The van der Waals surface area contributed by atoms with Crippen molar-refractivity contribution in [2.75, 3.05) is 59.2 Å². The molecule has 17 heavy (non-hydrogen) atoms. The van der Waals surface area contributed by atoms with Crippen molar-refractivity contribution in [3.8, 4) is 0 Å². The molecule has 0 amide bonds. The lowest BCUT2D eigenvalue weighted by Gasteiger charge is -2.34. The van der Waals surface area contributed by atoms with E-state index in [1.807, 2.05) is 13.8 Å². The van der Waals surface area contributed by atoms with E-state index < -0.39 is 0 Å². The van der Waals surface area contributed by atoms with Crippen LogP contribution < -0.4 is 0 Å². The molecule has 1 aliphatic heterocycles. The fourth-order valence-corrected chi connectivity index (χ4v) is 1.77. The molecule has 0 N–H and O–H groups in total. The van der Waals surface area contributed by atoms with E-state index in [4.69, 9.17) is 4.74 Å². The molecule has 0 spiro atoms. The number of thiol groups is 1. The molecule has 0 aliphatic carbocycles. The first-order valence-electron chi connectivity index (χ1n) is 6.75. The zero-order chi connectivity index (χ0) is 13.5. The van der Waals surface area contributed by atoms with Crippen LogP contribution in [0.5, 0.6) is 0 Å². The number of piperazine rings is 1. The van der Waals surface area contributed by atoms with Crippen LogP contribution in [0.1, 0.15) is 27.2 Å². The van der Waals surface area contributed by atoms with Crippen LogP contribution in [0.2, 0.25) is 0 Å². The molecule has 0 aromatic rings. The Labute approximate surface area is 114 Å². The summed E-state index contributed by atoms with van der Waals surface area (Å²) in [6.45, 7) is 14.4. The quantitative estimate of drug-likeness (QED) is 0.767. The van der Waals surface area contributed by atoms with E-state index in [0.717, 1.165) is 13.2 Å². The monoisotopic (exact) mass is 264 g/mol. The van der Waals surface area contributed by atoms with Gasteiger partial charge in [0.25, 0.3) is 0 Å². The number of hydrogen-bond donors (Lipinski definition) is 1. The van der Waals surface area contributed by atoms with Crippen LogP contribution in [0.15, 0.2) is 0 Å². The maximum absolute atomic E-state index is 5.06. The normalized spacial score (nSPS) is 16.6. The highest BCUT2D eigenvalue weighted by molar-refractivity contribution is 7.79. The molecule has 0 aromatic carbocycles. The fourth-order valence-electron chi connectivity index (χ4n) is 1.77. The number of methoxy groups -OCH3 is 1. The van der Waals surface area contributed by atoms with Gasteiger partial charge < -0.3 is 9.64 Å². The first-order chi connectivity index (χ1) is 8.36. The van der Waals surface area contributed by atoms with Crippen LogP contribution in [0.4, 0.5) is 0 Å². The second-order valence-corrected chi connectivity index (χ2v) is 3.68. The van der Waals surface area contributed by atoms with E-state index in [2.05, 4.69) is 29.4 Å². The molecular weight excluding hydrogens is 232 g/mol. The highest BCUT2D eigenvalue weighted by Gasteiger charge is 2.14. The van der Waals surface area contributed by atoms with E-state index in [1.54, 1.807) is 13.4 Å². The van der Waals surface area contributed by atoms with Gasteiger partial charge in [-0.3, -0.25) is 4.90 Å². The van der Waals surface area contributed by atoms with E-state index in [9.17, 15) is 0 Å². The Kier molecular flexibility index (Phi) is 18.7. The molecule has 0 atom stereocenters. The number of nitrogens with zero attached hydrogens (tertiary/aromatic N) is 2. The van der Waals surface area contributed by atoms with Gasteiger partial charge in [-0.2, -0.15) is 12.6 Å². The maximum atomic E-state index is 5.06. The Bertz CT molecular complexity index is 129. The lowest BCUT2D eigenvalue weighted by Crippen LogP contribution is -2.47. The first-order valence-corrected chi connectivity index (χ1v) is 7.64. The van der Waals surface area contributed by atoms with Crippen LogP contribution in [0, 0.1) is 0 Å². The highest BCUT2D eigenvalue weighted by atomic mass is 32.1. The van der Waals surface area contributed by atoms with Crippen molar-refractivity contribution in [3.63, 3.8) is 0 Å². The standard InChI is InChI=1S/C10H22N2O.C2H6.CH4S/c1-3-4-11-5-7-12(8-6-11)9-10-13-2;2*1-2/h3-10H2,1-2H3;1-2H3;2H,1H3. The summed E-state index contributed by atoms with van der Waals surface area (Å²) >= 11 is 3.53. The van der Waals surface area contributed by atoms with Crippen molar-refractivity contribution in [1.82, 2.24) is 9.80 Å². The van der Waals surface area contributed by atoms with Crippen LogP contribution in [-0.2, 0) is 4.74 Å². The molecule has 1 aliphatic rings. The summed E-state index contributed by atoms with van der Waals surface area (Å²) in [5, 5.41) is 0. The average molecular weight is 264 g/mol. The Hall–Kier alpha value is 0.230. The second-order valence-electron chi connectivity index (χ2n) is 3.68. The van der Waals surface area contributed by atoms with E-state index in [-0.39, 0.29) is 0 Å². The Morgan fingerprint density at radius 2 is 1.35 bits per heavy atom. The Balaban J connectivity index is 0. The summed E-state index contributed by atoms with van der Waals surface area (Å²) in [5.74, 6) is 0. The van der Waals surface area contributed by atoms with Gasteiger partial charge in [0.05, 0.1) is 6.61 Å². The van der Waals surface area contributed by atoms with Gasteiger partial charge >= 0.3 is 0 Å². The molecule has 0 unspecified atom stereocenters. The lowest BCUT2D eigenvalue weighted by molar-refractivity contribution is 0.0971. The largest absolute Gasteiger partial charge is 0.383 e. The minimum absolute atomic E-state index is 0.869. The molecule has 0 bridgehead atoms. The van der Waals surface area contributed by atoms with Crippen molar-refractivity contribution in [2.24, 2.45) is 0 Å². The van der Waals surface area contributed by atoms with E-state index in [1.165, 1.54) is 39.1 Å².